The number of carboxylic acid groups (broad SMARTS) is 1. The molecular weight excluding hydrogens is 210 g/mol. The monoisotopic (exact) mass is 229 g/mol. The molecule has 16 heavy (non-hydrogen) atoms. The Labute approximate surface area is 95.2 Å². The summed E-state index contributed by atoms with van der Waals surface area (Å²) >= 11 is 0. The molecule has 0 aromatic heterocycles. The lowest BCUT2D eigenvalue weighted by molar-refractivity contribution is -0.141. The lowest BCUT2D eigenvalue weighted by Gasteiger charge is -2.12. The van der Waals surface area contributed by atoms with Gasteiger partial charge < -0.3 is 15.2 Å². The molecule has 0 radical (unpaired) electrons. The molecule has 0 aliphatic carbocycles. The van der Waals surface area contributed by atoms with Crippen LogP contribution in [0.25, 0.3) is 0 Å². The van der Waals surface area contributed by atoms with Gasteiger partial charge in [-0.05, 0) is 19.8 Å². The van der Waals surface area contributed by atoms with Gasteiger partial charge >= 0.3 is 5.97 Å². The van der Waals surface area contributed by atoms with Crippen LogP contribution in [0.5, 0.6) is 0 Å². The Morgan fingerprint density at radius 1 is 1.12 bits per heavy atom. The topological polar surface area (TPSA) is 83.5 Å². The van der Waals surface area contributed by atoms with Crippen LogP contribution < -0.4 is 5.32 Å². The summed E-state index contributed by atoms with van der Waals surface area (Å²) in [6, 6.07) is -0.810. The molecule has 0 saturated heterocycles. The first kappa shape index (κ1) is 14.6. The van der Waals surface area contributed by atoms with Crippen molar-refractivity contribution in [2.75, 3.05) is 0 Å². The molecule has 1 unspecified atom stereocenters. The van der Waals surface area contributed by atoms with Gasteiger partial charge in [0.25, 0.3) is 0 Å². The van der Waals surface area contributed by atoms with Crippen molar-refractivity contribution in [1.82, 2.24) is 5.32 Å². The van der Waals surface area contributed by atoms with Gasteiger partial charge in [0.2, 0.25) is 5.91 Å². The normalized spacial score (nSPS) is 11.9. The zero-order valence-corrected chi connectivity index (χ0v) is 9.78. The Hall–Kier alpha value is -1.39. The quantitative estimate of drug-likeness (QED) is 0.611. The van der Waals surface area contributed by atoms with E-state index < -0.39 is 12.0 Å². The van der Waals surface area contributed by atoms with Gasteiger partial charge in [0.05, 0.1) is 0 Å². The fourth-order valence-electron chi connectivity index (χ4n) is 1.40. The van der Waals surface area contributed by atoms with Crippen LogP contribution in [0, 0.1) is 0 Å². The Balaban J connectivity index is 3.72. The number of carboxylic acids is 1. The van der Waals surface area contributed by atoms with Gasteiger partial charge in [-0.25, -0.2) is 4.79 Å². The standard InChI is InChI=1S/C11H19NO4/c1-8(13)6-4-3-5-7-10(11(15)16)12-9(2)14/h10H,3-7H2,1-2H3,(H,12,14)(H,15,16). The van der Waals surface area contributed by atoms with E-state index in [4.69, 9.17) is 5.11 Å². The van der Waals surface area contributed by atoms with Crippen LogP contribution in [0.1, 0.15) is 46.0 Å². The van der Waals surface area contributed by atoms with Crippen LogP contribution >= 0.6 is 0 Å². The van der Waals surface area contributed by atoms with Gasteiger partial charge in [-0.3, -0.25) is 4.79 Å². The summed E-state index contributed by atoms with van der Waals surface area (Å²) < 4.78 is 0. The summed E-state index contributed by atoms with van der Waals surface area (Å²) in [5, 5.41) is 11.2. The first-order valence-electron chi connectivity index (χ1n) is 5.43. The highest BCUT2D eigenvalue weighted by atomic mass is 16.4. The predicted molar refractivity (Wildman–Crippen MR) is 59.0 cm³/mol. The summed E-state index contributed by atoms with van der Waals surface area (Å²) in [6.07, 6.45) is 3.24. The average molecular weight is 229 g/mol. The Bertz CT molecular complexity index is 263. The van der Waals surface area contributed by atoms with Crippen LogP contribution in [0.15, 0.2) is 0 Å². The van der Waals surface area contributed by atoms with E-state index >= 15 is 0 Å². The van der Waals surface area contributed by atoms with Crippen molar-refractivity contribution in [3.05, 3.63) is 0 Å². The Morgan fingerprint density at radius 3 is 2.19 bits per heavy atom. The Morgan fingerprint density at radius 2 is 1.75 bits per heavy atom. The van der Waals surface area contributed by atoms with Crippen LogP contribution in [0.4, 0.5) is 0 Å². The van der Waals surface area contributed by atoms with Crippen molar-refractivity contribution in [2.45, 2.75) is 52.0 Å². The largest absolute Gasteiger partial charge is 0.480 e. The van der Waals surface area contributed by atoms with Crippen LogP contribution in [-0.2, 0) is 14.4 Å². The zero-order chi connectivity index (χ0) is 12.6. The number of ketones is 1. The molecule has 1 amide bonds. The Kier molecular flexibility index (Phi) is 7.16. The minimum Gasteiger partial charge on any atom is -0.480 e. The van der Waals surface area contributed by atoms with Gasteiger partial charge in [0.15, 0.2) is 0 Å². The van der Waals surface area contributed by atoms with Crippen molar-refractivity contribution >= 4 is 17.7 Å². The van der Waals surface area contributed by atoms with Crippen molar-refractivity contribution in [2.24, 2.45) is 0 Å². The van der Waals surface area contributed by atoms with Gasteiger partial charge in [0, 0.05) is 13.3 Å². The van der Waals surface area contributed by atoms with Crippen molar-refractivity contribution in [3.8, 4) is 0 Å². The molecule has 0 saturated carbocycles. The highest BCUT2D eigenvalue weighted by molar-refractivity contribution is 5.81. The van der Waals surface area contributed by atoms with E-state index in [1.165, 1.54) is 13.8 Å². The fraction of sp³-hybridized carbons (Fsp3) is 0.727. The summed E-state index contributed by atoms with van der Waals surface area (Å²) in [5.74, 6) is -1.20. The van der Waals surface area contributed by atoms with E-state index in [2.05, 4.69) is 5.32 Å². The maximum absolute atomic E-state index is 10.7. The first-order chi connectivity index (χ1) is 7.43. The van der Waals surface area contributed by atoms with Gasteiger partial charge in [0.1, 0.15) is 11.8 Å². The number of unbranched alkanes of at least 4 members (excludes halogenated alkanes) is 2. The van der Waals surface area contributed by atoms with E-state index in [0.717, 1.165) is 12.8 Å². The second kappa shape index (κ2) is 7.84. The number of carbonyl (C=O) groups excluding carboxylic acids is 2. The number of nitrogens with one attached hydrogen (secondary N) is 1. The molecule has 0 aromatic carbocycles. The highest BCUT2D eigenvalue weighted by Crippen LogP contribution is 2.06. The molecule has 0 aliphatic rings. The second-order valence-electron chi connectivity index (χ2n) is 3.89. The van der Waals surface area contributed by atoms with Gasteiger partial charge in [-0.15, -0.1) is 0 Å². The molecule has 0 aliphatic heterocycles. The first-order valence-corrected chi connectivity index (χ1v) is 5.43. The van der Waals surface area contributed by atoms with Crippen molar-refractivity contribution < 1.29 is 19.5 Å². The van der Waals surface area contributed by atoms with Crippen molar-refractivity contribution in [1.29, 1.82) is 0 Å². The van der Waals surface area contributed by atoms with E-state index in [1.54, 1.807) is 0 Å². The molecule has 0 rings (SSSR count). The zero-order valence-electron chi connectivity index (χ0n) is 9.78. The number of amides is 1. The molecule has 92 valence electrons. The SMILES string of the molecule is CC(=O)CCCCCC(NC(C)=O)C(=O)O. The molecule has 5 heteroatoms. The highest BCUT2D eigenvalue weighted by Gasteiger charge is 2.17. The number of hydrogen-bond acceptors (Lipinski definition) is 3. The lowest BCUT2D eigenvalue weighted by atomic mass is 10.1. The minimum absolute atomic E-state index is 0.150. The van der Waals surface area contributed by atoms with E-state index in [0.29, 0.717) is 19.3 Å². The summed E-state index contributed by atoms with van der Waals surface area (Å²) in [7, 11) is 0. The average Bonchev–Trinajstić information content (AvgIpc) is 2.14. The third-order valence-electron chi connectivity index (χ3n) is 2.20. The molecular formula is C11H19NO4. The third kappa shape index (κ3) is 7.96. The molecule has 0 spiro atoms. The van der Waals surface area contributed by atoms with E-state index in [-0.39, 0.29) is 11.7 Å². The summed E-state index contributed by atoms with van der Waals surface area (Å²) in [4.78, 5) is 32.1. The number of Topliss-reactive ketones (excluding diaryl/α,β-unsaturated/α-hetero) is 1. The lowest BCUT2D eigenvalue weighted by Crippen LogP contribution is -2.39. The molecule has 0 heterocycles. The number of carbonyl (C=O) groups is 3. The molecule has 0 fully saturated rings. The second-order valence-corrected chi connectivity index (χ2v) is 3.89. The van der Waals surface area contributed by atoms with Crippen molar-refractivity contribution in [3.63, 3.8) is 0 Å². The van der Waals surface area contributed by atoms with Crippen LogP contribution in [-0.4, -0.2) is 28.8 Å². The smallest absolute Gasteiger partial charge is 0.326 e. The molecule has 1 atom stereocenters. The number of aliphatic carboxylic acids is 1. The predicted octanol–water partition coefficient (Wildman–Crippen LogP) is 1.12. The summed E-state index contributed by atoms with van der Waals surface area (Å²) in [6.45, 7) is 2.84. The van der Waals surface area contributed by atoms with E-state index in [9.17, 15) is 14.4 Å². The molecule has 5 nitrogen and oxygen atoms in total. The van der Waals surface area contributed by atoms with Crippen LogP contribution in [0.3, 0.4) is 0 Å². The van der Waals surface area contributed by atoms with Gasteiger partial charge in [-0.1, -0.05) is 12.8 Å². The van der Waals surface area contributed by atoms with E-state index in [1.807, 2.05) is 0 Å². The molecule has 0 aromatic rings. The fourth-order valence-corrected chi connectivity index (χ4v) is 1.40. The minimum atomic E-state index is -1.01. The van der Waals surface area contributed by atoms with Crippen LogP contribution in [0.2, 0.25) is 0 Å². The maximum atomic E-state index is 10.7. The maximum Gasteiger partial charge on any atom is 0.326 e. The summed E-state index contributed by atoms with van der Waals surface area (Å²) in [5.41, 5.74) is 0. The van der Waals surface area contributed by atoms with Gasteiger partial charge in [-0.2, -0.15) is 0 Å². The number of hydrogen-bond donors (Lipinski definition) is 2. The molecule has 2 N–H and O–H groups in total. The molecule has 0 bridgehead atoms. The number of rotatable bonds is 8. The third-order valence-corrected chi connectivity index (χ3v) is 2.20.